The van der Waals surface area contributed by atoms with Crippen LogP contribution in [0.5, 0.6) is 0 Å². The third-order valence-electron chi connectivity index (χ3n) is 1.54. The molecule has 2 rings (SSSR count). The number of benzene rings is 2. The molecule has 4 heteroatoms. The van der Waals surface area contributed by atoms with Crippen molar-refractivity contribution in [2.75, 3.05) is 0 Å². The van der Waals surface area contributed by atoms with Gasteiger partial charge in [-0.15, -0.1) is 0 Å². The van der Waals surface area contributed by atoms with Crippen LogP contribution in [0.4, 0.5) is 0 Å². The zero-order valence-electron chi connectivity index (χ0n) is 8.58. The predicted octanol–water partition coefficient (Wildman–Crippen LogP) is 2.41. The van der Waals surface area contributed by atoms with Crippen LogP contribution in [0.2, 0.25) is 0 Å². The summed E-state index contributed by atoms with van der Waals surface area (Å²) in [5.41, 5.74) is 0. The van der Waals surface area contributed by atoms with Crippen LogP contribution in [0.3, 0.4) is 0 Å². The Kier molecular flexibility index (Phi) is 9.64. The normalized spacial score (nSPS) is 10.3. The van der Waals surface area contributed by atoms with E-state index in [4.69, 9.17) is 0 Å². The molecule has 0 aromatic heterocycles. The van der Waals surface area contributed by atoms with Crippen LogP contribution in [-0.4, -0.2) is 8.76 Å². The Bertz CT molecular complexity index is 366. The molecule has 81 valence electrons. The van der Waals surface area contributed by atoms with Crippen molar-refractivity contribution in [1.29, 1.82) is 0 Å². The summed E-state index contributed by atoms with van der Waals surface area (Å²) >= 11 is -2.08. The molecule has 1 unspecified atom stereocenters. The summed E-state index contributed by atoms with van der Waals surface area (Å²) in [6.07, 6.45) is 0. The molecule has 0 saturated heterocycles. The topological polar surface area (TPSA) is 40.1 Å². The number of rotatable bonds is 1. The minimum atomic E-state index is -2.08. The Morgan fingerprint density at radius 3 is 1.69 bits per heavy atom. The molecule has 2 aromatic rings. The molecule has 1 radical (unpaired) electrons. The molecule has 2 nitrogen and oxygen atoms in total. The van der Waals surface area contributed by atoms with Gasteiger partial charge < -0.3 is 4.55 Å². The van der Waals surface area contributed by atoms with Crippen LogP contribution in [0.25, 0.3) is 0 Å². The maximum Gasteiger partial charge on any atom is 0.0248 e. The molecule has 0 amide bonds. The van der Waals surface area contributed by atoms with Crippen LogP contribution in [0, 0.1) is 6.07 Å². The van der Waals surface area contributed by atoms with Gasteiger partial charge in [-0.1, -0.05) is 18.2 Å². The molecule has 0 aliphatic rings. The third kappa shape index (κ3) is 7.01. The van der Waals surface area contributed by atoms with E-state index in [0.717, 1.165) is 0 Å². The Morgan fingerprint density at radius 1 is 0.938 bits per heavy atom. The van der Waals surface area contributed by atoms with Crippen molar-refractivity contribution in [2.45, 2.75) is 4.90 Å². The smallest absolute Gasteiger partial charge is 0.0248 e. The van der Waals surface area contributed by atoms with Gasteiger partial charge >= 0.3 is 0 Å². The summed E-state index contributed by atoms with van der Waals surface area (Å²) < 4.78 is 20.4. The first-order chi connectivity index (χ1) is 7.30. The van der Waals surface area contributed by atoms with E-state index in [1.54, 1.807) is 30.3 Å². The van der Waals surface area contributed by atoms with Crippen LogP contribution in [-0.2, 0) is 43.8 Å². The molecular weight excluding hydrogens is 297 g/mol. The minimum Gasteiger partial charge on any atom is -0.768 e. The second-order valence-electron chi connectivity index (χ2n) is 2.63. The minimum absolute atomic E-state index is 0. The molecule has 1 atom stereocenters. The van der Waals surface area contributed by atoms with Crippen molar-refractivity contribution in [2.24, 2.45) is 0 Å². The SMILES string of the molecule is O=S([O-])c1ccccc1.[Y].[c-]1ccccc1. The molecule has 16 heavy (non-hydrogen) atoms. The van der Waals surface area contributed by atoms with Gasteiger partial charge in [-0.25, -0.2) is 0 Å². The monoisotopic (exact) mass is 307 g/mol. The van der Waals surface area contributed by atoms with Crippen LogP contribution < -0.4 is 0 Å². The van der Waals surface area contributed by atoms with E-state index >= 15 is 0 Å². The summed E-state index contributed by atoms with van der Waals surface area (Å²) in [7, 11) is 0. The Labute approximate surface area is 123 Å². The molecular formula is C12H10O2SY-2. The predicted molar refractivity (Wildman–Crippen MR) is 58.9 cm³/mol. The van der Waals surface area contributed by atoms with E-state index in [2.05, 4.69) is 6.07 Å². The third-order valence-corrected chi connectivity index (χ3v) is 2.20. The Morgan fingerprint density at radius 2 is 1.44 bits per heavy atom. The second kappa shape index (κ2) is 9.85. The van der Waals surface area contributed by atoms with E-state index in [9.17, 15) is 8.76 Å². The van der Waals surface area contributed by atoms with Gasteiger partial charge in [0, 0.05) is 37.6 Å². The fourth-order valence-electron chi connectivity index (χ4n) is 0.874. The summed E-state index contributed by atoms with van der Waals surface area (Å²) in [4.78, 5) is 0.331. The summed E-state index contributed by atoms with van der Waals surface area (Å²) in [5.74, 6) is 0. The van der Waals surface area contributed by atoms with Gasteiger partial charge in [0.2, 0.25) is 0 Å². The standard InChI is InChI=1S/C6H6O2S.C6H5.Y/c7-9(8)6-4-2-1-3-5-6;1-2-4-6-5-3-1;/h1-5H,(H,7,8);1-5H;/q;-1;/p-1. The number of hydrogen-bond acceptors (Lipinski definition) is 2. The van der Waals surface area contributed by atoms with Crippen molar-refractivity contribution in [3.8, 4) is 0 Å². The van der Waals surface area contributed by atoms with E-state index in [1.807, 2.05) is 30.3 Å². The van der Waals surface area contributed by atoms with Crippen molar-refractivity contribution in [1.82, 2.24) is 0 Å². The average Bonchev–Trinajstić information content (AvgIpc) is 2.33. The van der Waals surface area contributed by atoms with Gasteiger partial charge in [0.15, 0.2) is 0 Å². The Hall–Kier alpha value is -0.346. The first kappa shape index (κ1) is 15.7. The van der Waals surface area contributed by atoms with E-state index in [-0.39, 0.29) is 32.7 Å². The van der Waals surface area contributed by atoms with E-state index in [1.165, 1.54) is 0 Å². The van der Waals surface area contributed by atoms with E-state index in [0.29, 0.717) is 4.90 Å². The average molecular weight is 307 g/mol. The second-order valence-corrected chi connectivity index (χ2v) is 3.57. The fraction of sp³-hybridized carbons (Fsp3) is 0. The van der Waals surface area contributed by atoms with Crippen LogP contribution in [0.1, 0.15) is 0 Å². The van der Waals surface area contributed by atoms with Gasteiger partial charge in [-0.2, -0.15) is 36.4 Å². The fourth-order valence-corrected chi connectivity index (χ4v) is 1.25. The van der Waals surface area contributed by atoms with Gasteiger partial charge in [0.25, 0.3) is 0 Å². The van der Waals surface area contributed by atoms with Crippen molar-refractivity contribution in [3.63, 3.8) is 0 Å². The van der Waals surface area contributed by atoms with E-state index < -0.39 is 11.1 Å². The molecule has 0 saturated carbocycles. The van der Waals surface area contributed by atoms with Crippen molar-refractivity contribution < 1.29 is 41.5 Å². The van der Waals surface area contributed by atoms with Crippen molar-refractivity contribution in [3.05, 3.63) is 66.7 Å². The summed E-state index contributed by atoms with van der Waals surface area (Å²) in [6.45, 7) is 0. The number of hydrogen-bond donors (Lipinski definition) is 0. The van der Waals surface area contributed by atoms with Crippen LogP contribution >= 0.6 is 0 Å². The van der Waals surface area contributed by atoms with Gasteiger partial charge in [0.05, 0.1) is 0 Å². The van der Waals surface area contributed by atoms with Crippen LogP contribution in [0.15, 0.2) is 65.6 Å². The maximum atomic E-state index is 10.2. The molecule has 0 aliphatic carbocycles. The molecule has 0 spiro atoms. The summed E-state index contributed by atoms with van der Waals surface area (Å²) in [5, 5.41) is 0. The summed E-state index contributed by atoms with van der Waals surface area (Å²) in [6, 6.07) is 20.7. The zero-order chi connectivity index (χ0) is 10.9. The first-order valence-electron chi connectivity index (χ1n) is 4.36. The molecule has 0 aliphatic heterocycles. The molecule has 0 fully saturated rings. The largest absolute Gasteiger partial charge is 0.768 e. The Balaban J connectivity index is 0.000000283. The molecule has 2 aromatic carbocycles. The molecule has 0 heterocycles. The molecule has 0 N–H and O–H groups in total. The van der Waals surface area contributed by atoms with Gasteiger partial charge in [0.1, 0.15) is 0 Å². The first-order valence-corrected chi connectivity index (χ1v) is 5.43. The maximum absolute atomic E-state index is 10.2. The quantitative estimate of drug-likeness (QED) is 0.599. The zero-order valence-corrected chi connectivity index (χ0v) is 12.2. The molecule has 0 bridgehead atoms. The van der Waals surface area contributed by atoms with Gasteiger partial charge in [-0.3, -0.25) is 4.21 Å². The van der Waals surface area contributed by atoms with Gasteiger partial charge in [-0.05, 0) is 23.2 Å². The van der Waals surface area contributed by atoms with Crippen molar-refractivity contribution >= 4 is 11.1 Å².